The fraction of sp³-hybridized carbons (Fsp3) is 0.278. The predicted octanol–water partition coefficient (Wildman–Crippen LogP) is 3.12. The van der Waals surface area contributed by atoms with Crippen LogP contribution in [-0.4, -0.2) is 37.8 Å². The van der Waals surface area contributed by atoms with E-state index >= 15 is 0 Å². The largest absolute Gasteiger partial charge is 0.370 e. The van der Waals surface area contributed by atoms with Crippen LogP contribution in [0.25, 0.3) is 0 Å². The molecule has 0 bridgehead atoms. The number of rotatable bonds is 3. The van der Waals surface area contributed by atoms with Crippen LogP contribution in [0.15, 0.2) is 58.4 Å². The van der Waals surface area contributed by atoms with E-state index in [9.17, 15) is 13.5 Å². The predicted molar refractivity (Wildman–Crippen MR) is 109 cm³/mol. The summed E-state index contributed by atoms with van der Waals surface area (Å²) in [7, 11) is -1.36. The summed E-state index contributed by atoms with van der Waals surface area (Å²) in [6.45, 7) is 2.19. The van der Waals surface area contributed by atoms with Crippen LogP contribution in [0, 0.1) is 6.92 Å². The van der Waals surface area contributed by atoms with E-state index in [0.29, 0.717) is 4.38 Å². The molecule has 0 fully saturated rings. The average molecular weight is 423 g/mol. The summed E-state index contributed by atoms with van der Waals surface area (Å²) in [4.78, 5) is 10.0. The van der Waals surface area contributed by atoms with Crippen molar-refractivity contribution in [2.45, 2.75) is 22.8 Å². The minimum absolute atomic E-state index is 0.244. The fourth-order valence-corrected chi connectivity index (χ4v) is 8.21. The Balaban J connectivity index is 1.61. The van der Waals surface area contributed by atoms with Gasteiger partial charge in [-0.15, -0.1) is 0 Å². The van der Waals surface area contributed by atoms with Crippen LogP contribution in [0.4, 0.5) is 5.69 Å². The van der Waals surface area contributed by atoms with Gasteiger partial charge in [0.05, 0.1) is 24.2 Å². The molecule has 2 aliphatic rings. The minimum atomic E-state index is -3.58. The summed E-state index contributed by atoms with van der Waals surface area (Å²) in [5, 5.41) is 12.3. The van der Waals surface area contributed by atoms with Gasteiger partial charge >= 0.3 is 0 Å². The molecule has 2 aromatic rings. The van der Waals surface area contributed by atoms with Crippen molar-refractivity contribution < 1.29 is 18.4 Å². The molecule has 1 spiro atoms. The van der Waals surface area contributed by atoms with Crippen molar-refractivity contribution in [2.75, 3.05) is 18.7 Å². The number of aliphatic imine (C=N–C) groups is 1. The Morgan fingerprint density at radius 1 is 1.26 bits per heavy atom. The van der Waals surface area contributed by atoms with Crippen LogP contribution in [-0.2, 0) is 18.5 Å². The first-order valence-electron chi connectivity index (χ1n) is 8.23. The van der Waals surface area contributed by atoms with E-state index < -0.39 is 19.8 Å². The maximum atomic E-state index is 12.7. The van der Waals surface area contributed by atoms with Gasteiger partial charge < -0.3 is 5.11 Å². The number of aliphatic hydroxyl groups excluding tert-OH is 1. The fourth-order valence-electron chi connectivity index (χ4n) is 3.25. The molecule has 0 saturated carbocycles. The molecule has 0 amide bonds. The van der Waals surface area contributed by atoms with E-state index in [1.165, 1.54) is 23.9 Å². The summed E-state index contributed by atoms with van der Waals surface area (Å²) < 4.78 is 25.1. The van der Waals surface area contributed by atoms with Crippen LogP contribution in [0.3, 0.4) is 0 Å². The van der Waals surface area contributed by atoms with Crippen molar-refractivity contribution in [1.29, 1.82) is 0 Å². The number of nitrogens with zero attached hydrogens (tertiary/aromatic N) is 2. The normalized spacial score (nSPS) is 24.3. The summed E-state index contributed by atoms with van der Waals surface area (Å²) in [6.07, 6.45) is -0.964. The molecule has 1 N–H and O–H groups in total. The zero-order valence-electron chi connectivity index (χ0n) is 14.7. The topological polar surface area (TPSA) is 79.2 Å². The first-order valence-corrected chi connectivity index (χ1v) is 11.9. The molecule has 4 rings (SSSR count). The second-order valence-electron chi connectivity index (χ2n) is 6.32. The Bertz CT molecular complexity index is 1010. The van der Waals surface area contributed by atoms with Crippen molar-refractivity contribution >= 4 is 41.5 Å². The zero-order valence-corrected chi connectivity index (χ0v) is 17.1. The first kappa shape index (κ1) is 18.8. The number of anilines is 1. The number of fused-ring (bicyclic) bond motifs is 2. The van der Waals surface area contributed by atoms with Crippen LogP contribution < -0.4 is 5.06 Å². The van der Waals surface area contributed by atoms with Crippen LogP contribution >= 0.6 is 22.6 Å². The van der Waals surface area contributed by atoms with E-state index in [-0.39, 0.29) is 11.4 Å². The number of para-hydroxylation sites is 1. The van der Waals surface area contributed by atoms with Crippen molar-refractivity contribution in [2.24, 2.45) is 4.99 Å². The van der Waals surface area contributed by atoms with Crippen molar-refractivity contribution in [1.82, 2.24) is 0 Å². The van der Waals surface area contributed by atoms with Gasteiger partial charge in [0, 0.05) is 16.4 Å². The number of benzene rings is 2. The van der Waals surface area contributed by atoms with Gasteiger partial charge in [-0.25, -0.2) is 13.5 Å². The maximum absolute atomic E-state index is 12.7. The Morgan fingerprint density at radius 3 is 2.67 bits per heavy atom. The van der Waals surface area contributed by atoms with E-state index in [0.717, 1.165) is 27.6 Å². The lowest BCUT2D eigenvalue weighted by Crippen LogP contribution is -2.43. The second kappa shape index (κ2) is 6.82. The SMILES string of the molecule is CON1c2ccccc2[C@@]2(CN=C(SS(=O)(=O)c3ccc(C)cc3)S2)[C@@H]1O. The lowest BCUT2D eigenvalue weighted by atomic mass is 9.99. The standard InChI is InChI=1S/C18H18N2O4S3/c1-12-7-9-13(10-8-12)27(22,23)26-17-19-11-18(25-17)14-5-3-4-6-15(14)20(24-2)16(18)21/h3-10,16,21H,11H2,1-2H3/t16-,18-/m0/s1. The molecule has 0 aliphatic carbocycles. The van der Waals surface area contributed by atoms with Crippen LogP contribution in [0.1, 0.15) is 11.1 Å². The number of hydrogen-bond acceptors (Lipinski definition) is 8. The van der Waals surface area contributed by atoms with Crippen molar-refractivity contribution in [3.8, 4) is 0 Å². The number of hydroxylamine groups is 1. The Morgan fingerprint density at radius 2 is 1.96 bits per heavy atom. The molecule has 2 aliphatic heterocycles. The number of aryl methyl sites for hydroxylation is 1. The van der Waals surface area contributed by atoms with Gasteiger partial charge in [-0.2, -0.15) is 0 Å². The second-order valence-corrected chi connectivity index (χ2v) is 11.7. The lowest BCUT2D eigenvalue weighted by Gasteiger charge is -2.29. The lowest BCUT2D eigenvalue weighted by molar-refractivity contribution is 0.0252. The zero-order chi connectivity index (χ0) is 19.2. The Hall–Kier alpha value is -1.52. The third-order valence-corrected chi connectivity index (χ3v) is 9.73. The highest BCUT2D eigenvalue weighted by molar-refractivity contribution is 8.82. The smallest absolute Gasteiger partial charge is 0.236 e. The highest BCUT2D eigenvalue weighted by Gasteiger charge is 2.55. The van der Waals surface area contributed by atoms with Gasteiger partial charge in [0.1, 0.15) is 9.12 Å². The molecule has 0 aromatic heterocycles. The first-order chi connectivity index (χ1) is 12.9. The van der Waals surface area contributed by atoms with E-state index in [1.54, 1.807) is 24.3 Å². The summed E-state index contributed by atoms with van der Waals surface area (Å²) in [5.74, 6) is 0. The molecule has 0 saturated heterocycles. The van der Waals surface area contributed by atoms with Gasteiger partial charge in [-0.1, -0.05) is 47.7 Å². The highest BCUT2D eigenvalue weighted by atomic mass is 33.1. The highest BCUT2D eigenvalue weighted by Crippen LogP contribution is 2.56. The molecular weight excluding hydrogens is 404 g/mol. The third kappa shape index (κ3) is 3.07. The van der Waals surface area contributed by atoms with Gasteiger partial charge in [-0.3, -0.25) is 9.83 Å². The van der Waals surface area contributed by atoms with Gasteiger partial charge in [0.2, 0.25) is 8.87 Å². The van der Waals surface area contributed by atoms with Crippen LogP contribution in [0.5, 0.6) is 0 Å². The molecule has 27 heavy (non-hydrogen) atoms. The van der Waals surface area contributed by atoms with Gasteiger partial charge in [0.25, 0.3) is 0 Å². The Labute approximate surface area is 165 Å². The molecule has 0 unspecified atom stereocenters. The summed E-state index contributed by atoms with van der Waals surface area (Å²) in [6, 6.07) is 14.3. The molecule has 2 heterocycles. The minimum Gasteiger partial charge on any atom is -0.370 e. The number of aliphatic hydroxyl groups is 1. The Kier molecular flexibility index (Phi) is 4.76. The van der Waals surface area contributed by atoms with Gasteiger partial charge in [0.15, 0.2) is 6.23 Å². The monoisotopic (exact) mass is 422 g/mol. The van der Waals surface area contributed by atoms with Crippen molar-refractivity contribution in [3.63, 3.8) is 0 Å². The van der Waals surface area contributed by atoms with Crippen LogP contribution in [0.2, 0.25) is 0 Å². The van der Waals surface area contributed by atoms with Crippen molar-refractivity contribution in [3.05, 3.63) is 59.7 Å². The number of hydrogen-bond donors (Lipinski definition) is 1. The van der Waals surface area contributed by atoms with E-state index in [4.69, 9.17) is 4.84 Å². The van der Waals surface area contributed by atoms with E-state index in [1.807, 2.05) is 31.2 Å². The molecule has 0 radical (unpaired) electrons. The molecule has 142 valence electrons. The average Bonchev–Trinajstić information content (AvgIpc) is 3.16. The molecule has 6 nitrogen and oxygen atoms in total. The molecular formula is C18H18N2O4S3. The van der Waals surface area contributed by atoms with E-state index in [2.05, 4.69) is 4.99 Å². The quantitative estimate of drug-likeness (QED) is 0.762. The molecule has 2 atom stereocenters. The maximum Gasteiger partial charge on any atom is 0.236 e. The summed E-state index contributed by atoms with van der Waals surface area (Å²) >= 11 is 1.28. The van der Waals surface area contributed by atoms with Gasteiger partial charge in [-0.05, 0) is 25.1 Å². The third-order valence-electron chi connectivity index (χ3n) is 4.64. The molecule has 2 aromatic carbocycles. The number of thioether (sulfide) groups is 1. The molecule has 9 heteroatoms. The summed E-state index contributed by atoms with van der Waals surface area (Å²) in [5.41, 5.74) is 2.65.